The van der Waals surface area contributed by atoms with Crippen LogP contribution in [0.2, 0.25) is 0 Å². The van der Waals surface area contributed by atoms with Crippen molar-refractivity contribution < 1.29 is 4.74 Å². The molecule has 3 rings (SSSR count). The molecule has 0 amide bonds. The number of anilines is 1. The smallest absolute Gasteiger partial charge is 0.225 e. The fourth-order valence-corrected chi connectivity index (χ4v) is 3.23. The Bertz CT molecular complexity index is 406. The average Bonchev–Trinajstić information content (AvgIpc) is 2.40. The van der Waals surface area contributed by atoms with E-state index in [1.807, 2.05) is 12.4 Å². The van der Waals surface area contributed by atoms with Crippen molar-refractivity contribution in [3.8, 4) is 0 Å². The molecule has 4 heteroatoms. The quantitative estimate of drug-likeness (QED) is 0.835. The van der Waals surface area contributed by atoms with Gasteiger partial charge in [0.15, 0.2) is 0 Å². The highest BCUT2D eigenvalue weighted by Gasteiger charge is 2.38. The number of aryl methyl sites for hydroxylation is 1. The monoisotopic (exact) mass is 261 g/mol. The van der Waals surface area contributed by atoms with Crippen LogP contribution in [0.15, 0.2) is 12.4 Å². The lowest BCUT2D eigenvalue weighted by Crippen LogP contribution is -2.52. The van der Waals surface area contributed by atoms with Crippen molar-refractivity contribution in [1.29, 1.82) is 0 Å². The number of ether oxygens (including phenoxy) is 1. The molecule has 0 aromatic carbocycles. The van der Waals surface area contributed by atoms with Gasteiger partial charge in [-0.2, -0.15) is 0 Å². The molecule has 2 saturated heterocycles. The van der Waals surface area contributed by atoms with E-state index in [2.05, 4.69) is 28.7 Å². The Morgan fingerprint density at radius 3 is 2.42 bits per heavy atom. The maximum atomic E-state index is 5.67. The molecule has 2 aliphatic heterocycles. The molecule has 2 bridgehead atoms. The fourth-order valence-electron chi connectivity index (χ4n) is 3.23. The molecule has 3 heterocycles. The summed E-state index contributed by atoms with van der Waals surface area (Å²) >= 11 is 0. The number of nitrogens with zero attached hydrogens (tertiary/aromatic N) is 3. The molecule has 0 aliphatic carbocycles. The van der Waals surface area contributed by atoms with Crippen LogP contribution in [0, 0.1) is 17.8 Å². The van der Waals surface area contributed by atoms with Crippen LogP contribution < -0.4 is 4.90 Å². The number of hydrogen-bond donors (Lipinski definition) is 0. The Morgan fingerprint density at radius 1 is 1.21 bits per heavy atom. The van der Waals surface area contributed by atoms with Crippen LogP contribution in [0.3, 0.4) is 0 Å². The maximum absolute atomic E-state index is 5.67. The van der Waals surface area contributed by atoms with Gasteiger partial charge in [0.05, 0.1) is 13.2 Å². The van der Waals surface area contributed by atoms with Gasteiger partial charge in [0.2, 0.25) is 5.95 Å². The molecule has 19 heavy (non-hydrogen) atoms. The molecule has 2 aliphatic rings. The first-order chi connectivity index (χ1) is 9.28. The SMILES string of the molecule is CCCc1cnc(N2CC3COCC(C2)C3C)nc1. The number of rotatable bonds is 3. The van der Waals surface area contributed by atoms with Crippen LogP contribution >= 0.6 is 0 Å². The molecule has 2 unspecified atom stereocenters. The zero-order valence-electron chi connectivity index (χ0n) is 11.9. The number of fused-ring (bicyclic) bond motifs is 2. The first-order valence-corrected chi connectivity index (χ1v) is 7.41. The van der Waals surface area contributed by atoms with Gasteiger partial charge in [0, 0.05) is 37.3 Å². The second kappa shape index (κ2) is 5.45. The van der Waals surface area contributed by atoms with Crippen LogP contribution in [0.4, 0.5) is 5.95 Å². The molecular weight excluding hydrogens is 238 g/mol. The summed E-state index contributed by atoms with van der Waals surface area (Å²) in [5, 5.41) is 0. The molecule has 0 spiro atoms. The lowest BCUT2D eigenvalue weighted by molar-refractivity contribution is -0.0321. The van der Waals surface area contributed by atoms with Crippen LogP contribution in [0.25, 0.3) is 0 Å². The van der Waals surface area contributed by atoms with Crippen LogP contribution in [0.5, 0.6) is 0 Å². The van der Waals surface area contributed by atoms with E-state index >= 15 is 0 Å². The standard InChI is InChI=1S/C15H23N3O/c1-3-4-12-5-16-15(17-6-12)18-7-13-9-19-10-14(8-18)11(13)2/h5-6,11,13-14H,3-4,7-10H2,1-2H3. The highest BCUT2D eigenvalue weighted by molar-refractivity contribution is 5.31. The van der Waals surface area contributed by atoms with Gasteiger partial charge in [-0.15, -0.1) is 0 Å². The van der Waals surface area contributed by atoms with Gasteiger partial charge in [-0.1, -0.05) is 20.3 Å². The third kappa shape index (κ3) is 2.59. The third-order valence-corrected chi connectivity index (χ3v) is 4.57. The normalized spacial score (nSPS) is 30.4. The molecule has 0 saturated carbocycles. The Balaban J connectivity index is 1.72. The minimum Gasteiger partial charge on any atom is -0.381 e. The fraction of sp³-hybridized carbons (Fsp3) is 0.733. The highest BCUT2D eigenvalue weighted by atomic mass is 16.5. The summed E-state index contributed by atoms with van der Waals surface area (Å²) in [5.74, 6) is 2.92. The lowest BCUT2D eigenvalue weighted by atomic mass is 9.78. The molecule has 0 radical (unpaired) electrons. The first-order valence-electron chi connectivity index (χ1n) is 7.41. The van der Waals surface area contributed by atoms with Crippen LogP contribution in [0.1, 0.15) is 25.8 Å². The molecule has 2 atom stereocenters. The predicted octanol–water partition coefficient (Wildman–Crippen LogP) is 2.15. The van der Waals surface area contributed by atoms with Crippen molar-refractivity contribution in [2.24, 2.45) is 17.8 Å². The van der Waals surface area contributed by atoms with Gasteiger partial charge < -0.3 is 9.64 Å². The van der Waals surface area contributed by atoms with Crippen molar-refractivity contribution in [1.82, 2.24) is 9.97 Å². The summed E-state index contributed by atoms with van der Waals surface area (Å²) in [5.41, 5.74) is 1.24. The summed E-state index contributed by atoms with van der Waals surface area (Å²) in [6.07, 6.45) is 6.17. The summed E-state index contributed by atoms with van der Waals surface area (Å²) < 4.78 is 5.67. The van der Waals surface area contributed by atoms with E-state index in [0.717, 1.165) is 51.0 Å². The number of hydrogen-bond acceptors (Lipinski definition) is 4. The van der Waals surface area contributed by atoms with E-state index in [1.165, 1.54) is 5.56 Å². The minimum absolute atomic E-state index is 0.631. The summed E-state index contributed by atoms with van der Waals surface area (Å²) in [4.78, 5) is 11.4. The van der Waals surface area contributed by atoms with Gasteiger partial charge in [-0.05, 0) is 17.9 Å². The first kappa shape index (κ1) is 12.9. The van der Waals surface area contributed by atoms with Crippen molar-refractivity contribution in [2.45, 2.75) is 26.7 Å². The van der Waals surface area contributed by atoms with Crippen LogP contribution in [-0.2, 0) is 11.2 Å². The Labute approximate surface area is 115 Å². The molecule has 104 valence electrons. The average molecular weight is 261 g/mol. The Kier molecular flexibility index (Phi) is 3.69. The largest absolute Gasteiger partial charge is 0.381 e. The summed E-state index contributed by atoms with van der Waals surface area (Å²) in [6.45, 7) is 8.39. The Morgan fingerprint density at radius 2 is 1.84 bits per heavy atom. The van der Waals surface area contributed by atoms with Crippen LogP contribution in [-0.4, -0.2) is 36.3 Å². The van der Waals surface area contributed by atoms with E-state index in [1.54, 1.807) is 0 Å². The molecule has 0 N–H and O–H groups in total. The third-order valence-electron chi connectivity index (χ3n) is 4.57. The van der Waals surface area contributed by atoms with E-state index in [9.17, 15) is 0 Å². The molecular formula is C15H23N3O. The minimum atomic E-state index is 0.631. The summed E-state index contributed by atoms with van der Waals surface area (Å²) in [6, 6.07) is 0. The van der Waals surface area contributed by atoms with Crippen molar-refractivity contribution >= 4 is 5.95 Å². The summed E-state index contributed by atoms with van der Waals surface area (Å²) in [7, 11) is 0. The van der Waals surface area contributed by atoms with Gasteiger partial charge >= 0.3 is 0 Å². The van der Waals surface area contributed by atoms with Gasteiger partial charge in [-0.3, -0.25) is 0 Å². The number of piperidine rings is 1. The maximum Gasteiger partial charge on any atom is 0.225 e. The van der Waals surface area contributed by atoms with E-state index in [-0.39, 0.29) is 0 Å². The number of aromatic nitrogens is 2. The zero-order valence-corrected chi connectivity index (χ0v) is 11.9. The lowest BCUT2D eigenvalue weighted by Gasteiger charge is -2.45. The van der Waals surface area contributed by atoms with E-state index in [0.29, 0.717) is 11.8 Å². The van der Waals surface area contributed by atoms with Gasteiger partial charge in [0.25, 0.3) is 0 Å². The highest BCUT2D eigenvalue weighted by Crippen LogP contribution is 2.33. The van der Waals surface area contributed by atoms with Crippen molar-refractivity contribution in [3.63, 3.8) is 0 Å². The van der Waals surface area contributed by atoms with Crippen molar-refractivity contribution in [3.05, 3.63) is 18.0 Å². The van der Waals surface area contributed by atoms with Gasteiger partial charge in [0.1, 0.15) is 0 Å². The van der Waals surface area contributed by atoms with E-state index in [4.69, 9.17) is 4.74 Å². The second-order valence-corrected chi connectivity index (χ2v) is 5.96. The zero-order chi connectivity index (χ0) is 13.2. The van der Waals surface area contributed by atoms with Gasteiger partial charge in [-0.25, -0.2) is 9.97 Å². The van der Waals surface area contributed by atoms with E-state index < -0.39 is 0 Å². The Hall–Kier alpha value is -1.16. The molecule has 1 aromatic rings. The topological polar surface area (TPSA) is 38.2 Å². The molecule has 1 aromatic heterocycles. The second-order valence-electron chi connectivity index (χ2n) is 5.96. The molecule has 2 fully saturated rings. The predicted molar refractivity (Wildman–Crippen MR) is 75.2 cm³/mol. The molecule has 4 nitrogen and oxygen atoms in total. The van der Waals surface area contributed by atoms with Crippen molar-refractivity contribution in [2.75, 3.05) is 31.2 Å².